The Hall–Kier alpha value is -1.66. The summed E-state index contributed by atoms with van der Waals surface area (Å²) in [5, 5.41) is 7.65. The van der Waals surface area contributed by atoms with Crippen molar-refractivity contribution >= 4 is 0 Å². The number of aryl methyl sites for hydroxylation is 1. The van der Waals surface area contributed by atoms with Crippen LogP contribution in [0, 0.1) is 12.8 Å². The lowest BCUT2D eigenvalue weighted by molar-refractivity contribution is 0.0482. The van der Waals surface area contributed by atoms with E-state index in [9.17, 15) is 0 Å². The van der Waals surface area contributed by atoms with Gasteiger partial charge in [-0.15, -0.1) is 0 Å². The third kappa shape index (κ3) is 4.00. The van der Waals surface area contributed by atoms with Crippen molar-refractivity contribution in [2.75, 3.05) is 13.2 Å². The normalized spacial score (nSPS) is 17.7. The van der Waals surface area contributed by atoms with Gasteiger partial charge < -0.3 is 13.7 Å². The molecule has 23 heavy (non-hydrogen) atoms. The fourth-order valence-corrected chi connectivity index (χ4v) is 2.90. The Balaban J connectivity index is 1.74. The summed E-state index contributed by atoms with van der Waals surface area (Å²) in [5.41, 5.74) is 0. The quantitative estimate of drug-likeness (QED) is 0.880. The third-order valence-electron chi connectivity index (χ3n) is 4.27. The molecule has 0 aromatic carbocycles. The number of aromatic nitrogens is 2. The highest BCUT2D eigenvalue weighted by molar-refractivity contribution is 5.06. The van der Waals surface area contributed by atoms with Gasteiger partial charge in [-0.05, 0) is 37.8 Å². The molecule has 126 valence electrons. The third-order valence-corrected chi connectivity index (χ3v) is 4.27. The maximum Gasteiger partial charge on any atom is 0.244 e. The highest BCUT2D eigenvalue weighted by Crippen LogP contribution is 2.30. The van der Waals surface area contributed by atoms with Crippen molar-refractivity contribution in [2.45, 2.75) is 52.1 Å². The summed E-state index contributed by atoms with van der Waals surface area (Å²) in [7, 11) is 0. The van der Waals surface area contributed by atoms with Gasteiger partial charge in [0.2, 0.25) is 5.89 Å². The van der Waals surface area contributed by atoms with Crippen molar-refractivity contribution in [1.82, 2.24) is 15.5 Å². The number of ether oxygens (including phenoxy) is 1. The first-order valence-corrected chi connectivity index (χ1v) is 8.33. The van der Waals surface area contributed by atoms with Gasteiger partial charge in [-0.25, -0.2) is 0 Å². The van der Waals surface area contributed by atoms with E-state index in [0.29, 0.717) is 18.4 Å². The molecule has 2 aromatic rings. The van der Waals surface area contributed by atoms with Crippen LogP contribution < -0.4 is 5.32 Å². The van der Waals surface area contributed by atoms with Crippen molar-refractivity contribution in [3.63, 3.8) is 0 Å². The van der Waals surface area contributed by atoms with Gasteiger partial charge in [0.15, 0.2) is 5.82 Å². The van der Waals surface area contributed by atoms with Crippen LogP contribution in [-0.2, 0) is 11.3 Å². The standard InChI is InChI=1S/C17H25N3O3/c1-11(2)16-19-17(23-20-16)15(13-6-8-21-9-7-13)18-10-14-5-4-12(3)22-14/h4-5,11,13,15,18H,6-10H2,1-3H3. The molecule has 0 bridgehead atoms. The van der Waals surface area contributed by atoms with E-state index in [1.165, 1.54) is 0 Å². The van der Waals surface area contributed by atoms with Crippen LogP contribution in [0.1, 0.15) is 61.9 Å². The predicted octanol–water partition coefficient (Wildman–Crippen LogP) is 3.35. The van der Waals surface area contributed by atoms with Crippen LogP contribution in [0.2, 0.25) is 0 Å². The number of hydrogen-bond donors (Lipinski definition) is 1. The minimum absolute atomic E-state index is 0.0318. The Kier molecular flexibility index (Phi) is 5.13. The van der Waals surface area contributed by atoms with Gasteiger partial charge in [-0.1, -0.05) is 19.0 Å². The maximum absolute atomic E-state index is 5.65. The Morgan fingerprint density at radius 3 is 2.65 bits per heavy atom. The van der Waals surface area contributed by atoms with Crippen molar-refractivity contribution in [2.24, 2.45) is 5.92 Å². The fraction of sp³-hybridized carbons (Fsp3) is 0.647. The number of rotatable bonds is 6. The molecule has 1 fully saturated rings. The first kappa shape index (κ1) is 16.2. The molecule has 0 radical (unpaired) electrons. The average Bonchev–Trinajstić information content (AvgIpc) is 3.18. The smallest absolute Gasteiger partial charge is 0.244 e. The molecule has 0 aliphatic carbocycles. The van der Waals surface area contributed by atoms with Crippen LogP contribution in [0.3, 0.4) is 0 Å². The van der Waals surface area contributed by atoms with E-state index in [4.69, 9.17) is 13.7 Å². The maximum atomic E-state index is 5.65. The molecule has 1 aliphatic heterocycles. The van der Waals surface area contributed by atoms with E-state index in [1.54, 1.807) is 0 Å². The van der Waals surface area contributed by atoms with Gasteiger partial charge >= 0.3 is 0 Å². The molecule has 0 spiro atoms. The lowest BCUT2D eigenvalue weighted by Crippen LogP contribution is -2.32. The zero-order chi connectivity index (χ0) is 16.2. The summed E-state index contributed by atoms with van der Waals surface area (Å²) >= 11 is 0. The molecule has 6 heteroatoms. The highest BCUT2D eigenvalue weighted by atomic mass is 16.5. The summed E-state index contributed by atoms with van der Waals surface area (Å²) in [6.07, 6.45) is 1.99. The molecule has 3 rings (SSSR count). The molecule has 2 aromatic heterocycles. The van der Waals surface area contributed by atoms with E-state index in [0.717, 1.165) is 43.4 Å². The van der Waals surface area contributed by atoms with Gasteiger partial charge in [0, 0.05) is 19.1 Å². The van der Waals surface area contributed by atoms with Crippen molar-refractivity contribution in [1.29, 1.82) is 0 Å². The molecule has 1 N–H and O–H groups in total. The zero-order valence-corrected chi connectivity index (χ0v) is 14.0. The molecule has 3 heterocycles. The number of nitrogens with zero attached hydrogens (tertiary/aromatic N) is 2. The SMILES string of the molecule is Cc1ccc(CNC(c2nc(C(C)C)no2)C2CCOCC2)o1. The van der Waals surface area contributed by atoms with E-state index >= 15 is 0 Å². The summed E-state index contributed by atoms with van der Waals surface area (Å²) in [6.45, 7) is 8.30. The number of furan rings is 1. The van der Waals surface area contributed by atoms with E-state index in [2.05, 4.69) is 29.3 Å². The summed E-state index contributed by atoms with van der Waals surface area (Å²) in [5.74, 6) is 3.96. The number of nitrogens with one attached hydrogen (secondary N) is 1. The summed E-state index contributed by atoms with van der Waals surface area (Å²) in [4.78, 5) is 4.59. The van der Waals surface area contributed by atoms with Crippen LogP contribution >= 0.6 is 0 Å². The summed E-state index contributed by atoms with van der Waals surface area (Å²) in [6, 6.07) is 4.00. The Morgan fingerprint density at radius 2 is 2.04 bits per heavy atom. The molecule has 0 amide bonds. The second-order valence-electron chi connectivity index (χ2n) is 6.47. The predicted molar refractivity (Wildman–Crippen MR) is 85.0 cm³/mol. The second-order valence-corrected chi connectivity index (χ2v) is 6.47. The van der Waals surface area contributed by atoms with E-state index in [1.807, 2.05) is 19.1 Å². The van der Waals surface area contributed by atoms with Crippen LogP contribution in [0.4, 0.5) is 0 Å². The van der Waals surface area contributed by atoms with Gasteiger partial charge in [0.1, 0.15) is 11.5 Å². The van der Waals surface area contributed by atoms with Crippen molar-refractivity contribution < 1.29 is 13.7 Å². The average molecular weight is 319 g/mol. The Morgan fingerprint density at radius 1 is 1.26 bits per heavy atom. The van der Waals surface area contributed by atoms with Crippen LogP contribution in [0.5, 0.6) is 0 Å². The van der Waals surface area contributed by atoms with Gasteiger partial charge in [-0.2, -0.15) is 4.98 Å². The minimum atomic E-state index is 0.0318. The molecule has 6 nitrogen and oxygen atoms in total. The molecular formula is C17H25N3O3. The first-order chi connectivity index (χ1) is 11.1. The first-order valence-electron chi connectivity index (χ1n) is 8.33. The minimum Gasteiger partial charge on any atom is -0.465 e. The van der Waals surface area contributed by atoms with E-state index in [-0.39, 0.29) is 12.0 Å². The number of hydrogen-bond acceptors (Lipinski definition) is 6. The largest absolute Gasteiger partial charge is 0.465 e. The van der Waals surface area contributed by atoms with Gasteiger partial charge in [0.05, 0.1) is 12.6 Å². The Labute approximate surface area is 136 Å². The zero-order valence-electron chi connectivity index (χ0n) is 14.0. The molecule has 1 saturated heterocycles. The van der Waals surface area contributed by atoms with Crippen molar-refractivity contribution in [3.05, 3.63) is 35.4 Å². The van der Waals surface area contributed by atoms with E-state index < -0.39 is 0 Å². The molecular weight excluding hydrogens is 294 g/mol. The van der Waals surface area contributed by atoms with Crippen LogP contribution in [-0.4, -0.2) is 23.4 Å². The Bertz CT molecular complexity index is 614. The molecule has 0 saturated carbocycles. The molecule has 1 atom stereocenters. The van der Waals surface area contributed by atoms with Gasteiger partial charge in [0.25, 0.3) is 0 Å². The summed E-state index contributed by atoms with van der Waals surface area (Å²) < 4.78 is 16.7. The highest BCUT2D eigenvalue weighted by Gasteiger charge is 2.30. The van der Waals surface area contributed by atoms with Crippen LogP contribution in [0.25, 0.3) is 0 Å². The lowest BCUT2D eigenvalue weighted by Gasteiger charge is -2.28. The molecule has 1 aliphatic rings. The second kappa shape index (κ2) is 7.27. The van der Waals surface area contributed by atoms with Crippen molar-refractivity contribution in [3.8, 4) is 0 Å². The lowest BCUT2D eigenvalue weighted by atomic mass is 9.91. The fourth-order valence-electron chi connectivity index (χ4n) is 2.90. The van der Waals surface area contributed by atoms with Gasteiger partial charge in [-0.3, -0.25) is 5.32 Å². The monoisotopic (exact) mass is 319 g/mol. The van der Waals surface area contributed by atoms with Crippen LogP contribution in [0.15, 0.2) is 21.1 Å². The molecule has 1 unspecified atom stereocenters. The topological polar surface area (TPSA) is 73.3 Å².